The molecule has 1 heterocycles. The minimum Gasteiger partial charge on any atom is -0.493 e. The molecule has 5 heteroatoms. The van der Waals surface area contributed by atoms with Crippen molar-refractivity contribution in [3.8, 4) is 5.75 Å². The summed E-state index contributed by atoms with van der Waals surface area (Å²) < 4.78 is 30.4. The van der Waals surface area contributed by atoms with E-state index >= 15 is 0 Å². The van der Waals surface area contributed by atoms with Crippen LogP contribution in [0.3, 0.4) is 0 Å². The van der Waals surface area contributed by atoms with Gasteiger partial charge in [-0.25, -0.2) is 12.7 Å². The smallest absolute Gasteiger partial charge is 0.211 e. The van der Waals surface area contributed by atoms with Crippen molar-refractivity contribution in [1.29, 1.82) is 0 Å². The van der Waals surface area contributed by atoms with Gasteiger partial charge in [-0.1, -0.05) is 12.1 Å². The Morgan fingerprint density at radius 2 is 2.21 bits per heavy atom. The van der Waals surface area contributed by atoms with Crippen LogP contribution in [-0.2, 0) is 10.0 Å². The van der Waals surface area contributed by atoms with E-state index in [1.54, 1.807) is 4.31 Å². The normalized spacial score (nSPS) is 21.3. The standard InChI is InChI=1S/C14H21NO3S/c1-12-5-3-7-14(9-12)18-11-13-6-4-8-15(10-13)19(2,16)17/h3,5,7,9,13H,4,6,8,10-11H2,1-2H3. The minimum absolute atomic E-state index is 0.281. The van der Waals surface area contributed by atoms with E-state index in [0.29, 0.717) is 19.7 Å². The van der Waals surface area contributed by atoms with E-state index in [1.807, 2.05) is 31.2 Å². The third kappa shape index (κ3) is 4.21. The zero-order valence-corrected chi connectivity index (χ0v) is 12.3. The zero-order valence-electron chi connectivity index (χ0n) is 11.5. The van der Waals surface area contributed by atoms with E-state index in [4.69, 9.17) is 4.74 Å². The van der Waals surface area contributed by atoms with Gasteiger partial charge in [0.2, 0.25) is 10.0 Å². The van der Waals surface area contributed by atoms with Crippen molar-refractivity contribution in [1.82, 2.24) is 4.31 Å². The molecule has 1 aliphatic rings. The number of hydrogen-bond acceptors (Lipinski definition) is 3. The maximum absolute atomic E-state index is 11.5. The van der Waals surface area contributed by atoms with Crippen LogP contribution >= 0.6 is 0 Å². The lowest BCUT2D eigenvalue weighted by Crippen LogP contribution is -2.40. The van der Waals surface area contributed by atoms with Gasteiger partial charge in [-0.2, -0.15) is 0 Å². The molecule has 0 spiro atoms. The first-order valence-electron chi connectivity index (χ1n) is 6.60. The second kappa shape index (κ2) is 5.92. The van der Waals surface area contributed by atoms with Gasteiger partial charge in [-0.15, -0.1) is 0 Å². The van der Waals surface area contributed by atoms with Gasteiger partial charge >= 0.3 is 0 Å². The number of piperidine rings is 1. The van der Waals surface area contributed by atoms with Crippen LogP contribution in [0, 0.1) is 12.8 Å². The Balaban J connectivity index is 1.89. The summed E-state index contributed by atoms with van der Waals surface area (Å²) in [6, 6.07) is 7.93. The average molecular weight is 283 g/mol. The number of nitrogens with zero attached hydrogens (tertiary/aromatic N) is 1. The molecule has 19 heavy (non-hydrogen) atoms. The highest BCUT2D eigenvalue weighted by Gasteiger charge is 2.26. The van der Waals surface area contributed by atoms with Crippen LogP contribution in [0.15, 0.2) is 24.3 Å². The molecule has 0 aliphatic carbocycles. The summed E-state index contributed by atoms with van der Waals surface area (Å²) in [6.45, 7) is 3.82. The molecule has 0 radical (unpaired) electrons. The Morgan fingerprint density at radius 3 is 2.89 bits per heavy atom. The summed E-state index contributed by atoms with van der Waals surface area (Å²) in [6.07, 6.45) is 3.21. The van der Waals surface area contributed by atoms with Crippen molar-refractivity contribution in [3.63, 3.8) is 0 Å². The molecule has 0 saturated carbocycles. The van der Waals surface area contributed by atoms with Crippen molar-refractivity contribution >= 4 is 10.0 Å². The summed E-state index contributed by atoms with van der Waals surface area (Å²) in [5.41, 5.74) is 1.17. The lowest BCUT2D eigenvalue weighted by atomic mass is 10.0. The minimum atomic E-state index is -3.07. The van der Waals surface area contributed by atoms with Gasteiger partial charge in [0.25, 0.3) is 0 Å². The average Bonchev–Trinajstić information content (AvgIpc) is 2.36. The first-order valence-corrected chi connectivity index (χ1v) is 8.44. The molecule has 1 unspecified atom stereocenters. The molecule has 1 saturated heterocycles. The predicted molar refractivity (Wildman–Crippen MR) is 75.8 cm³/mol. The molecule has 0 amide bonds. The molecule has 0 aromatic heterocycles. The van der Waals surface area contributed by atoms with Crippen molar-refractivity contribution < 1.29 is 13.2 Å². The van der Waals surface area contributed by atoms with E-state index in [-0.39, 0.29) is 5.92 Å². The van der Waals surface area contributed by atoms with Crippen LogP contribution in [0.1, 0.15) is 18.4 Å². The Kier molecular flexibility index (Phi) is 4.47. The Morgan fingerprint density at radius 1 is 1.42 bits per heavy atom. The number of ether oxygens (including phenoxy) is 1. The SMILES string of the molecule is Cc1cccc(OCC2CCCN(S(C)(=O)=O)C2)c1. The van der Waals surface area contributed by atoms with Crippen molar-refractivity contribution in [3.05, 3.63) is 29.8 Å². The fraction of sp³-hybridized carbons (Fsp3) is 0.571. The lowest BCUT2D eigenvalue weighted by Gasteiger charge is -2.30. The molecule has 0 N–H and O–H groups in total. The molecule has 0 bridgehead atoms. The Hall–Kier alpha value is -1.07. The molecule has 2 rings (SSSR count). The highest BCUT2D eigenvalue weighted by molar-refractivity contribution is 7.88. The van der Waals surface area contributed by atoms with Crippen molar-refractivity contribution in [2.24, 2.45) is 5.92 Å². The molecule has 1 atom stereocenters. The number of benzene rings is 1. The number of rotatable bonds is 4. The van der Waals surface area contributed by atoms with Crippen LogP contribution in [0.4, 0.5) is 0 Å². The van der Waals surface area contributed by atoms with Crippen LogP contribution in [0.5, 0.6) is 5.75 Å². The third-order valence-corrected chi connectivity index (χ3v) is 4.70. The molecule has 106 valence electrons. The monoisotopic (exact) mass is 283 g/mol. The second-order valence-corrected chi connectivity index (χ2v) is 7.24. The Labute approximate surface area is 115 Å². The van der Waals surface area contributed by atoms with Crippen LogP contribution in [-0.4, -0.2) is 38.7 Å². The van der Waals surface area contributed by atoms with E-state index in [9.17, 15) is 8.42 Å². The largest absolute Gasteiger partial charge is 0.493 e. The number of hydrogen-bond donors (Lipinski definition) is 0. The molecule has 1 aromatic carbocycles. The van der Waals surface area contributed by atoms with Gasteiger partial charge < -0.3 is 4.74 Å². The molecule has 1 aromatic rings. The predicted octanol–water partition coefficient (Wildman–Crippen LogP) is 2.05. The fourth-order valence-corrected chi connectivity index (χ4v) is 3.33. The first kappa shape index (κ1) is 14.3. The van der Waals surface area contributed by atoms with Gasteiger partial charge in [0.15, 0.2) is 0 Å². The van der Waals surface area contributed by atoms with Gasteiger partial charge in [-0.05, 0) is 37.5 Å². The van der Waals surface area contributed by atoms with Gasteiger partial charge in [-0.3, -0.25) is 0 Å². The Bertz CT molecular complexity index is 527. The van der Waals surface area contributed by atoms with Crippen molar-refractivity contribution in [2.45, 2.75) is 19.8 Å². The number of aryl methyl sites for hydroxylation is 1. The fourth-order valence-electron chi connectivity index (χ4n) is 2.38. The van der Waals surface area contributed by atoms with E-state index in [2.05, 4.69) is 0 Å². The maximum atomic E-state index is 11.5. The lowest BCUT2D eigenvalue weighted by molar-refractivity contribution is 0.180. The number of sulfonamides is 1. The van der Waals surface area contributed by atoms with Crippen LogP contribution < -0.4 is 4.74 Å². The van der Waals surface area contributed by atoms with Gasteiger partial charge in [0, 0.05) is 19.0 Å². The highest BCUT2D eigenvalue weighted by Crippen LogP contribution is 2.20. The molecular weight excluding hydrogens is 262 g/mol. The van der Waals surface area contributed by atoms with Gasteiger partial charge in [0.05, 0.1) is 12.9 Å². The second-order valence-electron chi connectivity index (χ2n) is 5.26. The first-order chi connectivity index (χ1) is 8.95. The summed E-state index contributed by atoms with van der Waals surface area (Å²) in [5.74, 6) is 1.14. The van der Waals surface area contributed by atoms with E-state index < -0.39 is 10.0 Å². The van der Waals surface area contributed by atoms with Crippen LogP contribution in [0.25, 0.3) is 0 Å². The van der Waals surface area contributed by atoms with Gasteiger partial charge in [0.1, 0.15) is 5.75 Å². The molecule has 1 aliphatic heterocycles. The zero-order chi connectivity index (χ0) is 13.9. The summed E-state index contributed by atoms with van der Waals surface area (Å²) in [5, 5.41) is 0. The maximum Gasteiger partial charge on any atom is 0.211 e. The quantitative estimate of drug-likeness (QED) is 0.849. The molecule has 1 fully saturated rings. The topological polar surface area (TPSA) is 46.6 Å². The van der Waals surface area contributed by atoms with Crippen LogP contribution in [0.2, 0.25) is 0 Å². The van der Waals surface area contributed by atoms with E-state index in [1.165, 1.54) is 11.8 Å². The third-order valence-electron chi connectivity index (χ3n) is 3.43. The summed E-state index contributed by atoms with van der Waals surface area (Å²) in [4.78, 5) is 0. The van der Waals surface area contributed by atoms with Crippen molar-refractivity contribution in [2.75, 3.05) is 26.0 Å². The molecule has 4 nitrogen and oxygen atoms in total. The summed E-state index contributed by atoms with van der Waals surface area (Å²) in [7, 11) is -3.07. The molecular formula is C14H21NO3S. The summed E-state index contributed by atoms with van der Waals surface area (Å²) >= 11 is 0. The van der Waals surface area contributed by atoms with E-state index in [0.717, 1.165) is 18.6 Å². The highest BCUT2D eigenvalue weighted by atomic mass is 32.2.